The largest absolute Gasteiger partial charge is 0.493 e. The highest BCUT2D eigenvalue weighted by Crippen LogP contribution is 2.28. The zero-order chi connectivity index (χ0) is 26.9. The number of hydrazone groups is 2. The lowest BCUT2D eigenvalue weighted by atomic mass is 10.1. The third kappa shape index (κ3) is 6.45. The number of rotatable bonds is 10. The van der Waals surface area contributed by atoms with Gasteiger partial charge in [0.05, 0.1) is 39.9 Å². The number of methoxy groups -OCH3 is 4. The van der Waals surface area contributed by atoms with Crippen molar-refractivity contribution in [1.29, 1.82) is 0 Å². The predicted molar refractivity (Wildman–Crippen MR) is 137 cm³/mol. The molecule has 0 saturated heterocycles. The minimum absolute atomic E-state index is 0.0883. The Hall–Kier alpha value is -4.80. The molecule has 0 unspecified atom stereocenters. The summed E-state index contributed by atoms with van der Waals surface area (Å²) in [5, 5.41) is 8.19. The quantitative estimate of drug-likeness (QED) is 0.316. The Balaban J connectivity index is 1.64. The normalized spacial score (nSPS) is 11.5. The molecule has 0 fully saturated rings. The summed E-state index contributed by atoms with van der Waals surface area (Å²) in [6, 6.07) is 13.3. The highest BCUT2D eigenvalue weighted by Gasteiger charge is 2.16. The number of benzene rings is 2. The van der Waals surface area contributed by atoms with Gasteiger partial charge in [0.1, 0.15) is 0 Å². The van der Waals surface area contributed by atoms with Gasteiger partial charge < -0.3 is 23.4 Å². The van der Waals surface area contributed by atoms with Crippen LogP contribution in [0, 0.1) is 0 Å². The Kier molecular flexibility index (Phi) is 8.87. The average molecular weight is 509 g/mol. The van der Waals surface area contributed by atoms with Crippen molar-refractivity contribution in [2.75, 3.05) is 28.4 Å². The van der Waals surface area contributed by atoms with Crippen molar-refractivity contribution in [2.45, 2.75) is 13.8 Å². The molecule has 194 valence electrons. The Morgan fingerprint density at radius 2 is 1.00 bits per heavy atom. The molecule has 37 heavy (non-hydrogen) atoms. The molecule has 0 spiro atoms. The molecular weight excluding hydrogens is 480 g/mol. The smallest absolute Gasteiger partial charge is 0.307 e. The van der Waals surface area contributed by atoms with Gasteiger partial charge in [-0.15, -0.1) is 0 Å². The van der Waals surface area contributed by atoms with Gasteiger partial charge >= 0.3 is 11.8 Å². The van der Waals surface area contributed by atoms with Crippen molar-refractivity contribution in [1.82, 2.24) is 10.9 Å². The van der Waals surface area contributed by atoms with Crippen molar-refractivity contribution in [2.24, 2.45) is 10.2 Å². The number of amides is 2. The fourth-order valence-corrected chi connectivity index (χ4v) is 3.21. The number of nitrogens with one attached hydrogen (secondary N) is 2. The number of carbonyl (C=O) groups is 2. The molecule has 11 heteroatoms. The van der Waals surface area contributed by atoms with Gasteiger partial charge in [-0.2, -0.15) is 10.2 Å². The molecule has 1 aromatic heterocycles. The lowest BCUT2D eigenvalue weighted by Gasteiger charge is -2.09. The van der Waals surface area contributed by atoms with Gasteiger partial charge in [-0.05, 0) is 62.4 Å². The Morgan fingerprint density at radius 3 is 1.35 bits per heavy atom. The van der Waals surface area contributed by atoms with E-state index in [-0.39, 0.29) is 11.5 Å². The molecule has 1 heterocycles. The van der Waals surface area contributed by atoms with Gasteiger partial charge in [0.25, 0.3) is 0 Å². The molecule has 0 bridgehead atoms. The van der Waals surface area contributed by atoms with Crippen LogP contribution in [-0.2, 0) is 0 Å². The van der Waals surface area contributed by atoms with E-state index in [2.05, 4.69) is 21.1 Å². The molecule has 3 rings (SSSR count). The van der Waals surface area contributed by atoms with Crippen LogP contribution in [0.25, 0.3) is 0 Å². The van der Waals surface area contributed by atoms with Gasteiger partial charge in [-0.25, -0.2) is 10.9 Å². The molecule has 2 amide bonds. The second-order valence-electron chi connectivity index (χ2n) is 7.58. The number of hydrogen-bond acceptors (Lipinski definition) is 9. The fraction of sp³-hybridized carbons (Fsp3) is 0.231. The third-order valence-corrected chi connectivity index (χ3v) is 5.31. The standard InChI is InChI=1S/C26H28N4O7/c1-15(17-7-9-19(33-3)23(13-17)35-5)27-29-25(31)21-11-12-22(37-21)26(32)30-28-16(2)18-8-10-20(34-4)24(14-18)36-6/h7-14H,1-6H3,(H,29,31)(H,30,32). The van der Waals surface area contributed by atoms with E-state index in [1.807, 2.05) is 0 Å². The molecule has 0 radical (unpaired) electrons. The van der Waals surface area contributed by atoms with Gasteiger partial charge in [0, 0.05) is 11.1 Å². The number of hydrogen-bond donors (Lipinski definition) is 2. The predicted octanol–water partition coefficient (Wildman–Crippen LogP) is 3.62. The van der Waals surface area contributed by atoms with E-state index < -0.39 is 11.8 Å². The fourth-order valence-electron chi connectivity index (χ4n) is 3.21. The molecule has 2 N–H and O–H groups in total. The number of furan rings is 1. The van der Waals surface area contributed by atoms with Gasteiger partial charge in [0.15, 0.2) is 34.5 Å². The summed E-state index contributed by atoms with van der Waals surface area (Å²) in [5.41, 5.74) is 7.32. The first-order valence-electron chi connectivity index (χ1n) is 11.0. The first kappa shape index (κ1) is 26.8. The minimum Gasteiger partial charge on any atom is -0.493 e. The average Bonchev–Trinajstić information content (AvgIpc) is 3.44. The maximum Gasteiger partial charge on any atom is 0.307 e. The van der Waals surface area contributed by atoms with Crippen LogP contribution in [0.2, 0.25) is 0 Å². The molecule has 0 aliphatic heterocycles. The van der Waals surface area contributed by atoms with Crippen LogP contribution >= 0.6 is 0 Å². The molecular formula is C26H28N4O7. The summed E-state index contributed by atoms with van der Waals surface area (Å²) >= 11 is 0. The monoisotopic (exact) mass is 508 g/mol. The molecule has 0 aliphatic carbocycles. The number of nitrogens with zero attached hydrogens (tertiary/aromatic N) is 2. The van der Waals surface area contributed by atoms with E-state index in [0.29, 0.717) is 34.4 Å². The van der Waals surface area contributed by atoms with Crippen LogP contribution in [0.15, 0.2) is 63.2 Å². The van der Waals surface area contributed by atoms with Crippen LogP contribution in [0.3, 0.4) is 0 Å². The van der Waals surface area contributed by atoms with Gasteiger partial charge in [-0.3, -0.25) is 9.59 Å². The van der Waals surface area contributed by atoms with Crippen molar-refractivity contribution in [3.8, 4) is 23.0 Å². The Bertz CT molecular complexity index is 1240. The van der Waals surface area contributed by atoms with Crippen LogP contribution in [0.4, 0.5) is 0 Å². The van der Waals surface area contributed by atoms with E-state index in [9.17, 15) is 9.59 Å². The van der Waals surface area contributed by atoms with E-state index in [1.54, 1.807) is 64.5 Å². The summed E-state index contributed by atoms with van der Waals surface area (Å²) in [4.78, 5) is 24.9. The van der Waals surface area contributed by atoms with Crippen LogP contribution < -0.4 is 29.8 Å². The Labute approximate surface area is 214 Å². The van der Waals surface area contributed by atoms with E-state index >= 15 is 0 Å². The SMILES string of the molecule is COc1ccc(C(C)=NNC(=O)c2ccc(C(=O)NN=C(C)c3ccc(OC)c(OC)c3)o2)cc1OC. The molecule has 2 aromatic carbocycles. The zero-order valence-electron chi connectivity index (χ0n) is 21.4. The lowest BCUT2D eigenvalue weighted by molar-refractivity contribution is 0.0902. The summed E-state index contributed by atoms with van der Waals surface area (Å²) < 4.78 is 26.4. The summed E-state index contributed by atoms with van der Waals surface area (Å²) in [6.07, 6.45) is 0. The van der Waals surface area contributed by atoms with Crippen molar-refractivity contribution < 1.29 is 33.0 Å². The van der Waals surface area contributed by atoms with Crippen molar-refractivity contribution in [3.63, 3.8) is 0 Å². The maximum absolute atomic E-state index is 12.5. The topological polar surface area (TPSA) is 133 Å². The molecule has 11 nitrogen and oxygen atoms in total. The van der Waals surface area contributed by atoms with Gasteiger partial charge in [-0.1, -0.05) is 0 Å². The lowest BCUT2D eigenvalue weighted by Crippen LogP contribution is -2.20. The first-order chi connectivity index (χ1) is 17.8. The van der Waals surface area contributed by atoms with Crippen LogP contribution in [0.1, 0.15) is 46.1 Å². The highest BCUT2D eigenvalue weighted by atomic mass is 16.5. The van der Waals surface area contributed by atoms with E-state index in [0.717, 1.165) is 11.1 Å². The molecule has 0 atom stereocenters. The first-order valence-corrected chi connectivity index (χ1v) is 11.0. The highest BCUT2D eigenvalue weighted by molar-refractivity contribution is 6.02. The van der Waals surface area contributed by atoms with E-state index in [1.165, 1.54) is 26.4 Å². The van der Waals surface area contributed by atoms with Crippen LogP contribution in [0.5, 0.6) is 23.0 Å². The summed E-state index contributed by atoms with van der Waals surface area (Å²) in [6.45, 7) is 3.45. The second kappa shape index (κ2) is 12.2. The third-order valence-electron chi connectivity index (χ3n) is 5.31. The van der Waals surface area contributed by atoms with Crippen molar-refractivity contribution in [3.05, 3.63) is 71.2 Å². The van der Waals surface area contributed by atoms with Crippen molar-refractivity contribution >= 4 is 23.2 Å². The minimum atomic E-state index is -0.621. The second-order valence-corrected chi connectivity index (χ2v) is 7.58. The summed E-state index contributed by atoms with van der Waals surface area (Å²) in [7, 11) is 6.15. The number of carbonyl (C=O) groups excluding carboxylic acids is 2. The summed E-state index contributed by atoms with van der Waals surface area (Å²) in [5.74, 6) is 0.802. The maximum atomic E-state index is 12.5. The molecule has 3 aromatic rings. The van der Waals surface area contributed by atoms with Crippen LogP contribution in [-0.4, -0.2) is 51.7 Å². The number of ether oxygens (including phenoxy) is 4. The Morgan fingerprint density at radius 1 is 0.622 bits per heavy atom. The molecule has 0 saturated carbocycles. The molecule has 0 aliphatic rings. The van der Waals surface area contributed by atoms with E-state index in [4.69, 9.17) is 23.4 Å². The zero-order valence-corrected chi connectivity index (χ0v) is 21.4. The van der Waals surface area contributed by atoms with Gasteiger partial charge in [0.2, 0.25) is 0 Å².